The van der Waals surface area contributed by atoms with Gasteiger partial charge in [0.2, 0.25) is 0 Å². The Bertz CT molecular complexity index is 781. The number of benzene rings is 1. The average Bonchev–Trinajstić information content (AvgIpc) is 2.55. The largest absolute Gasteiger partial charge is 0.449 e. The van der Waals surface area contributed by atoms with Gasteiger partial charge in [-0.3, -0.25) is 4.79 Å². The highest BCUT2D eigenvalue weighted by Gasteiger charge is 2.22. The Morgan fingerprint density at radius 2 is 1.84 bits per heavy atom. The number of halogens is 3. The van der Waals surface area contributed by atoms with Crippen LogP contribution in [0.25, 0.3) is 0 Å². The topological polar surface area (TPSA) is 68.3 Å². The van der Waals surface area contributed by atoms with E-state index in [-0.39, 0.29) is 16.8 Å². The molecule has 2 atom stereocenters. The van der Waals surface area contributed by atoms with Crippen molar-refractivity contribution in [3.8, 4) is 0 Å². The monoisotopic (exact) mass is 400 g/mol. The number of aromatic nitrogens is 1. The van der Waals surface area contributed by atoms with Crippen molar-refractivity contribution in [2.75, 3.05) is 0 Å². The molecule has 0 aliphatic rings. The van der Waals surface area contributed by atoms with Crippen molar-refractivity contribution < 1.29 is 14.3 Å². The molecule has 0 aliphatic heterocycles. The number of pyridine rings is 1. The first kappa shape index (κ1) is 19.5. The average molecular weight is 402 g/mol. The normalized spacial score (nSPS) is 13.0. The molecule has 2 rings (SSSR count). The van der Waals surface area contributed by atoms with Crippen molar-refractivity contribution >= 4 is 46.7 Å². The molecule has 0 fully saturated rings. The highest BCUT2D eigenvalue weighted by Crippen LogP contribution is 2.26. The number of carbonyl (C=O) groups excluding carboxylic acids is 2. The summed E-state index contributed by atoms with van der Waals surface area (Å²) >= 11 is 17.7. The van der Waals surface area contributed by atoms with Crippen LogP contribution in [0.1, 0.15) is 35.8 Å². The summed E-state index contributed by atoms with van der Waals surface area (Å²) in [5.74, 6) is -1.11. The molecule has 0 unspecified atom stereocenters. The molecule has 132 valence electrons. The summed E-state index contributed by atoms with van der Waals surface area (Å²) in [5, 5.41) is 3.95. The summed E-state index contributed by atoms with van der Waals surface area (Å²) in [7, 11) is 0. The fraction of sp³-hybridized carbons (Fsp3) is 0.235. The van der Waals surface area contributed by atoms with Gasteiger partial charge in [-0.1, -0.05) is 40.9 Å². The molecule has 1 N–H and O–H groups in total. The Balaban J connectivity index is 1.97. The molecule has 0 bridgehead atoms. The molecule has 2 aromatic rings. The molecular formula is C17H15Cl3N2O3. The summed E-state index contributed by atoms with van der Waals surface area (Å²) in [5.41, 5.74) is 0.915. The zero-order valence-corrected chi connectivity index (χ0v) is 15.7. The Kier molecular flexibility index (Phi) is 6.64. The zero-order valence-electron chi connectivity index (χ0n) is 13.4. The van der Waals surface area contributed by atoms with Crippen LogP contribution in [-0.2, 0) is 9.53 Å². The number of esters is 1. The van der Waals surface area contributed by atoms with E-state index in [9.17, 15) is 9.59 Å². The fourth-order valence-corrected chi connectivity index (χ4v) is 2.72. The van der Waals surface area contributed by atoms with E-state index in [2.05, 4.69) is 10.3 Å². The van der Waals surface area contributed by atoms with Gasteiger partial charge in [-0.05, 0) is 43.7 Å². The minimum Gasteiger partial charge on any atom is -0.449 e. The second-order valence-electron chi connectivity index (χ2n) is 5.31. The SMILES string of the molecule is C[C@H](OC(=O)c1ccc(Cl)nc1)C(=O)N[C@@H](C)c1ccc(Cl)cc1Cl. The molecule has 0 spiro atoms. The molecule has 0 radical (unpaired) electrons. The van der Waals surface area contributed by atoms with Gasteiger partial charge in [0.15, 0.2) is 6.10 Å². The Morgan fingerprint density at radius 3 is 2.44 bits per heavy atom. The van der Waals surface area contributed by atoms with Crippen molar-refractivity contribution in [1.29, 1.82) is 0 Å². The lowest BCUT2D eigenvalue weighted by Gasteiger charge is -2.19. The number of nitrogens with one attached hydrogen (secondary N) is 1. The Morgan fingerprint density at radius 1 is 1.12 bits per heavy atom. The maximum absolute atomic E-state index is 12.2. The number of rotatable bonds is 5. The quantitative estimate of drug-likeness (QED) is 0.593. The molecule has 0 saturated heterocycles. The molecule has 0 saturated carbocycles. The minimum atomic E-state index is -0.989. The van der Waals surface area contributed by atoms with Crippen LogP contribution in [0.15, 0.2) is 36.5 Å². The number of hydrogen-bond acceptors (Lipinski definition) is 4. The first-order chi connectivity index (χ1) is 11.8. The van der Waals surface area contributed by atoms with Gasteiger partial charge in [0, 0.05) is 16.2 Å². The number of nitrogens with zero attached hydrogens (tertiary/aromatic N) is 1. The standard InChI is InChI=1S/C17H15Cl3N2O3/c1-9(13-5-4-12(18)7-14(13)19)22-16(23)10(2)25-17(24)11-3-6-15(20)21-8-11/h3-10H,1-2H3,(H,22,23)/t9-,10-/m0/s1. The maximum Gasteiger partial charge on any atom is 0.340 e. The van der Waals surface area contributed by atoms with E-state index >= 15 is 0 Å². The molecule has 1 aromatic carbocycles. The lowest BCUT2D eigenvalue weighted by Crippen LogP contribution is -2.37. The van der Waals surface area contributed by atoms with E-state index in [1.165, 1.54) is 25.3 Å². The van der Waals surface area contributed by atoms with Gasteiger partial charge in [-0.15, -0.1) is 0 Å². The zero-order chi connectivity index (χ0) is 18.6. The second-order valence-corrected chi connectivity index (χ2v) is 6.54. The van der Waals surface area contributed by atoms with Crippen molar-refractivity contribution in [2.45, 2.75) is 26.0 Å². The smallest absolute Gasteiger partial charge is 0.340 e. The van der Waals surface area contributed by atoms with Gasteiger partial charge >= 0.3 is 5.97 Å². The molecule has 0 aliphatic carbocycles. The summed E-state index contributed by atoms with van der Waals surface area (Å²) in [6, 6.07) is 7.56. The van der Waals surface area contributed by atoms with Gasteiger partial charge in [-0.2, -0.15) is 0 Å². The molecule has 5 nitrogen and oxygen atoms in total. The first-order valence-corrected chi connectivity index (χ1v) is 8.49. The van der Waals surface area contributed by atoms with Crippen LogP contribution < -0.4 is 5.32 Å². The van der Waals surface area contributed by atoms with Gasteiger partial charge < -0.3 is 10.1 Å². The third-order valence-electron chi connectivity index (χ3n) is 3.40. The van der Waals surface area contributed by atoms with Crippen molar-refractivity contribution in [3.63, 3.8) is 0 Å². The summed E-state index contributed by atoms with van der Waals surface area (Å²) in [6.45, 7) is 3.25. The van der Waals surface area contributed by atoms with E-state index in [1.54, 1.807) is 25.1 Å². The van der Waals surface area contributed by atoms with Crippen molar-refractivity contribution in [3.05, 3.63) is 62.9 Å². The lowest BCUT2D eigenvalue weighted by atomic mass is 10.1. The van der Waals surface area contributed by atoms with E-state index in [0.717, 1.165) is 0 Å². The van der Waals surface area contributed by atoms with Gasteiger partial charge in [0.25, 0.3) is 5.91 Å². The van der Waals surface area contributed by atoms with Crippen LogP contribution in [0.2, 0.25) is 15.2 Å². The van der Waals surface area contributed by atoms with Crippen LogP contribution in [0, 0.1) is 0 Å². The van der Waals surface area contributed by atoms with Crippen molar-refractivity contribution in [1.82, 2.24) is 10.3 Å². The first-order valence-electron chi connectivity index (χ1n) is 7.35. The van der Waals surface area contributed by atoms with Crippen LogP contribution in [-0.4, -0.2) is 23.0 Å². The number of ether oxygens (including phenoxy) is 1. The number of hydrogen-bond donors (Lipinski definition) is 1. The second kappa shape index (κ2) is 8.52. The third kappa shape index (κ3) is 5.33. The predicted molar refractivity (Wildman–Crippen MR) is 97.1 cm³/mol. The number of amides is 1. The molecular weight excluding hydrogens is 387 g/mol. The van der Waals surface area contributed by atoms with Gasteiger partial charge in [0.05, 0.1) is 11.6 Å². The Labute approximate surface area is 160 Å². The number of carbonyl (C=O) groups is 2. The molecule has 8 heteroatoms. The third-order valence-corrected chi connectivity index (χ3v) is 4.19. The highest BCUT2D eigenvalue weighted by atomic mass is 35.5. The van der Waals surface area contributed by atoms with Crippen LogP contribution in [0.5, 0.6) is 0 Å². The maximum atomic E-state index is 12.2. The van der Waals surface area contributed by atoms with Crippen LogP contribution in [0.3, 0.4) is 0 Å². The summed E-state index contributed by atoms with van der Waals surface area (Å²) in [6.07, 6.45) is 0.294. The lowest BCUT2D eigenvalue weighted by molar-refractivity contribution is -0.129. The van der Waals surface area contributed by atoms with E-state index < -0.39 is 18.0 Å². The minimum absolute atomic E-state index is 0.206. The molecule has 1 amide bonds. The molecule has 1 aromatic heterocycles. The van der Waals surface area contributed by atoms with Crippen molar-refractivity contribution in [2.24, 2.45) is 0 Å². The summed E-state index contributed by atoms with van der Waals surface area (Å²) < 4.78 is 5.14. The van der Waals surface area contributed by atoms with Gasteiger partial charge in [0.1, 0.15) is 5.15 Å². The van der Waals surface area contributed by atoms with Crippen LogP contribution >= 0.6 is 34.8 Å². The van der Waals surface area contributed by atoms with Gasteiger partial charge in [-0.25, -0.2) is 9.78 Å². The highest BCUT2D eigenvalue weighted by molar-refractivity contribution is 6.35. The summed E-state index contributed by atoms with van der Waals surface area (Å²) in [4.78, 5) is 28.0. The molecule has 1 heterocycles. The fourth-order valence-electron chi connectivity index (χ4n) is 2.04. The van der Waals surface area contributed by atoms with E-state index in [4.69, 9.17) is 39.5 Å². The molecule has 25 heavy (non-hydrogen) atoms. The van der Waals surface area contributed by atoms with E-state index in [1.807, 2.05) is 0 Å². The Hall–Kier alpha value is -1.82. The van der Waals surface area contributed by atoms with Crippen LogP contribution in [0.4, 0.5) is 0 Å². The predicted octanol–water partition coefficient (Wildman–Crippen LogP) is 4.46. The van der Waals surface area contributed by atoms with E-state index in [0.29, 0.717) is 15.6 Å².